The second-order valence-corrected chi connectivity index (χ2v) is 4.47. The van der Waals surface area contributed by atoms with E-state index in [1.54, 1.807) is 6.07 Å². The van der Waals surface area contributed by atoms with Crippen LogP contribution < -0.4 is 14.8 Å². The number of ketones is 1. The van der Waals surface area contributed by atoms with E-state index in [0.717, 1.165) is 5.56 Å². The molecule has 5 nitrogen and oxygen atoms in total. The van der Waals surface area contributed by atoms with Gasteiger partial charge in [0, 0.05) is 12.1 Å². The molecule has 0 spiro atoms. The molecular weight excluding hydrogens is 234 g/mol. The minimum Gasteiger partial charge on any atom is -0.454 e. The molecule has 0 bridgehead atoms. The highest BCUT2D eigenvalue weighted by atomic mass is 16.7. The van der Waals surface area contributed by atoms with Gasteiger partial charge in [0.15, 0.2) is 17.3 Å². The van der Waals surface area contributed by atoms with Crippen LogP contribution in [-0.2, 0) is 4.74 Å². The van der Waals surface area contributed by atoms with Crippen molar-refractivity contribution >= 4 is 5.78 Å². The number of hydrogen-bond acceptors (Lipinski definition) is 5. The minimum atomic E-state index is -0.266. The van der Waals surface area contributed by atoms with Crippen molar-refractivity contribution in [3.8, 4) is 11.5 Å². The third kappa shape index (κ3) is 1.95. The van der Waals surface area contributed by atoms with Crippen LogP contribution in [0.5, 0.6) is 11.5 Å². The summed E-state index contributed by atoms with van der Waals surface area (Å²) < 4.78 is 15.9. The average Bonchev–Trinajstić information content (AvgIpc) is 2.85. The minimum absolute atomic E-state index is 0.0468. The van der Waals surface area contributed by atoms with Gasteiger partial charge < -0.3 is 19.5 Å². The van der Waals surface area contributed by atoms with Crippen LogP contribution >= 0.6 is 0 Å². The highest BCUT2D eigenvalue weighted by molar-refractivity contribution is 6.02. The Morgan fingerprint density at radius 1 is 1.33 bits per heavy atom. The van der Waals surface area contributed by atoms with Gasteiger partial charge in [0.1, 0.15) is 0 Å². The maximum absolute atomic E-state index is 12.4. The predicted molar refractivity (Wildman–Crippen MR) is 64.2 cm³/mol. The average molecular weight is 249 g/mol. The maximum Gasteiger partial charge on any atom is 0.231 e. The number of fused-ring (bicyclic) bond motifs is 1. The van der Waals surface area contributed by atoms with Crippen LogP contribution in [0.4, 0.5) is 0 Å². The molecule has 1 atom stereocenters. The molecular formula is C13H15NO4. The van der Waals surface area contributed by atoms with Crippen LogP contribution in [0, 0.1) is 6.92 Å². The summed E-state index contributed by atoms with van der Waals surface area (Å²) in [5.74, 6) is 1.39. The summed E-state index contributed by atoms with van der Waals surface area (Å²) in [6.45, 7) is 3.91. The van der Waals surface area contributed by atoms with Gasteiger partial charge >= 0.3 is 0 Å². The van der Waals surface area contributed by atoms with E-state index < -0.39 is 0 Å². The second-order valence-electron chi connectivity index (χ2n) is 4.47. The Morgan fingerprint density at radius 2 is 2.11 bits per heavy atom. The van der Waals surface area contributed by atoms with Gasteiger partial charge in [-0.15, -0.1) is 0 Å². The van der Waals surface area contributed by atoms with Crippen molar-refractivity contribution in [3.05, 3.63) is 23.3 Å². The van der Waals surface area contributed by atoms with E-state index in [2.05, 4.69) is 5.32 Å². The fraction of sp³-hybridized carbons (Fsp3) is 0.462. The molecule has 2 heterocycles. The van der Waals surface area contributed by atoms with Gasteiger partial charge in [-0.1, -0.05) is 0 Å². The predicted octanol–water partition coefficient (Wildman–Crippen LogP) is 0.895. The van der Waals surface area contributed by atoms with Crippen molar-refractivity contribution in [3.63, 3.8) is 0 Å². The summed E-state index contributed by atoms with van der Waals surface area (Å²) >= 11 is 0. The Morgan fingerprint density at radius 3 is 2.83 bits per heavy atom. The molecule has 5 heteroatoms. The normalized spacial score (nSPS) is 21.9. The van der Waals surface area contributed by atoms with Crippen LogP contribution in [0.2, 0.25) is 0 Å². The van der Waals surface area contributed by atoms with Gasteiger partial charge in [0.05, 0.1) is 19.3 Å². The Hall–Kier alpha value is -1.59. The first-order chi connectivity index (χ1) is 8.75. The van der Waals surface area contributed by atoms with E-state index in [1.807, 2.05) is 13.0 Å². The Kier molecular flexibility index (Phi) is 2.93. The van der Waals surface area contributed by atoms with Gasteiger partial charge in [0.25, 0.3) is 0 Å². The lowest BCUT2D eigenvalue weighted by molar-refractivity contribution is 0.0607. The smallest absolute Gasteiger partial charge is 0.231 e. The fourth-order valence-corrected chi connectivity index (χ4v) is 2.23. The molecule has 0 amide bonds. The standard InChI is InChI=1S/C13H15NO4/c1-8-4-11-12(18-7-17-11)5-9(8)13(15)10-6-16-3-2-14-10/h4-5,10,14H,2-3,6-7H2,1H3. The van der Waals surface area contributed by atoms with Crippen molar-refractivity contribution < 1.29 is 19.0 Å². The number of ether oxygens (including phenoxy) is 3. The maximum atomic E-state index is 12.4. The van der Waals surface area contributed by atoms with E-state index in [1.165, 1.54) is 0 Å². The quantitative estimate of drug-likeness (QED) is 0.789. The molecule has 2 aliphatic heterocycles. The summed E-state index contributed by atoms with van der Waals surface area (Å²) in [6.07, 6.45) is 0. The zero-order valence-corrected chi connectivity index (χ0v) is 10.2. The Balaban J connectivity index is 1.89. The van der Waals surface area contributed by atoms with Crippen LogP contribution in [-0.4, -0.2) is 38.4 Å². The molecule has 0 radical (unpaired) electrons. The van der Waals surface area contributed by atoms with Crippen LogP contribution in [0.25, 0.3) is 0 Å². The third-order valence-electron chi connectivity index (χ3n) is 3.22. The molecule has 1 aromatic carbocycles. The molecule has 18 heavy (non-hydrogen) atoms. The lowest BCUT2D eigenvalue weighted by Gasteiger charge is -2.23. The number of benzene rings is 1. The van der Waals surface area contributed by atoms with Gasteiger partial charge in [-0.05, 0) is 24.6 Å². The first kappa shape index (κ1) is 11.5. The van der Waals surface area contributed by atoms with Crippen LogP contribution in [0.1, 0.15) is 15.9 Å². The molecule has 0 saturated carbocycles. The first-order valence-corrected chi connectivity index (χ1v) is 6.01. The van der Waals surface area contributed by atoms with Gasteiger partial charge in [-0.2, -0.15) is 0 Å². The summed E-state index contributed by atoms with van der Waals surface area (Å²) in [6, 6.07) is 3.34. The zero-order valence-electron chi connectivity index (χ0n) is 10.2. The fourth-order valence-electron chi connectivity index (χ4n) is 2.23. The number of nitrogens with one attached hydrogen (secondary N) is 1. The van der Waals surface area contributed by atoms with Crippen molar-refractivity contribution in [2.24, 2.45) is 0 Å². The summed E-state index contributed by atoms with van der Waals surface area (Å²) in [4.78, 5) is 12.4. The molecule has 2 aliphatic rings. The van der Waals surface area contributed by atoms with Gasteiger partial charge in [0.2, 0.25) is 6.79 Å². The van der Waals surface area contributed by atoms with Crippen molar-refractivity contribution in [1.82, 2.24) is 5.32 Å². The molecule has 1 saturated heterocycles. The van der Waals surface area contributed by atoms with Crippen LogP contribution in [0.3, 0.4) is 0 Å². The summed E-state index contributed by atoms with van der Waals surface area (Å²) in [5.41, 5.74) is 1.57. The number of hydrogen-bond donors (Lipinski definition) is 1. The molecule has 0 aliphatic carbocycles. The largest absolute Gasteiger partial charge is 0.454 e. The topological polar surface area (TPSA) is 56.8 Å². The van der Waals surface area contributed by atoms with E-state index in [4.69, 9.17) is 14.2 Å². The number of carbonyl (C=O) groups excluding carboxylic acids is 1. The van der Waals surface area contributed by atoms with Gasteiger partial charge in [-0.25, -0.2) is 0 Å². The number of morpholine rings is 1. The summed E-state index contributed by atoms with van der Waals surface area (Å²) in [7, 11) is 0. The molecule has 1 N–H and O–H groups in total. The van der Waals surface area contributed by atoms with Crippen molar-refractivity contribution in [2.45, 2.75) is 13.0 Å². The van der Waals surface area contributed by atoms with Gasteiger partial charge in [-0.3, -0.25) is 4.79 Å². The van der Waals surface area contributed by atoms with Crippen molar-refractivity contribution in [1.29, 1.82) is 0 Å². The van der Waals surface area contributed by atoms with Crippen LogP contribution in [0.15, 0.2) is 12.1 Å². The number of rotatable bonds is 2. The molecule has 1 aromatic rings. The molecule has 1 unspecified atom stereocenters. The highest BCUT2D eigenvalue weighted by Gasteiger charge is 2.26. The number of aryl methyl sites for hydroxylation is 1. The Labute approximate surface area is 105 Å². The SMILES string of the molecule is Cc1cc2c(cc1C(=O)C1COCCN1)OCO2. The number of carbonyl (C=O) groups is 1. The molecule has 3 rings (SSSR count). The second kappa shape index (κ2) is 4.59. The van der Waals surface area contributed by atoms with E-state index in [9.17, 15) is 4.79 Å². The lowest BCUT2D eigenvalue weighted by Crippen LogP contribution is -2.46. The van der Waals surface area contributed by atoms with E-state index in [0.29, 0.717) is 36.8 Å². The molecule has 1 fully saturated rings. The lowest BCUT2D eigenvalue weighted by atomic mass is 9.98. The van der Waals surface area contributed by atoms with E-state index in [-0.39, 0.29) is 18.6 Å². The zero-order chi connectivity index (χ0) is 12.5. The van der Waals surface area contributed by atoms with Crippen molar-refractivity contribution in [2.75, 3.05) is 26.6 Å². The number of Topliss-reactive ketones (excluding diaryl/α,β-unsaturated/α-hetero) is 1. The molecule has 96 valence electrons. The first-order valence-electron chi connectivity index (χ1n) is 6.01. The third-order valence-corrected chi connectivity index (χ3v) is 3.22. The highest BCUT2D eigenvalue weighted by Crippen LogP contribution is 2.35. The molecule has 0 aromatic heterocycles. The van der Waals surface area contributed by atoms with E-state index >= 15 is 0 Å². The summed E-state index contributed by atoms with van der Waals surface area (Å²) in [5, 5.41) is 3.17. The monoisotopic (exact) mass is 249 g/mol. The Bertz CT molecular complexity index is 480.